The van der Waals surface area contributed by atoms with Crippen molar-refractivity contribution in [3.05, 3.63) is 0 Å². The van der Waals surface area contributed by atoms with E-state index in [1.54, 1.807) is 0 Å². The first-order valence-corrected chi connectivity index (χ1v) is 2.77. The first-order valence-electron chi connectivity index (χ1n) is 2.77. The maximum Gasteiger partial charge on any atom is 0.320 e. The number of carboxylic acid groups (broad SMARTS) is 1. The molecular weight excluding hydrogens is 171 g/mol. The van der Waals surface area contributed by atoms with Crippen LogP contribution in [-0.2, 0) is 24.3 Å². The molecule has 0 bridgehead atoms. The number of carbonyl (C=O) groups is 1. The summed E-state index contributed by atoms with van der Waals surface area (Å²) < 4.78 is 0. The van der Waals surface area contributed by atoms with E-state index in [1.807, 2.05) is 0 Å². The van der Waals surface area contributed by atoms with Crippen LogP contribution in [0.5, 0.6) is 0 Å². The second-order valence-electron chi connectivity index (χ2n) is 1.99. The fraction of sp³-hybridized carbons (Fsp3) is 0.800. The van der Waals surface area contributed by atoms with Crippen LogP contribution >= 0.6 is 0 Å². The summed E-state index contributed by atoms with van der Waals surface area (Å²) in [7, 11) is 0. The van der Waals surface area contributed by atoms with Crippen LogP contribution < -0.4 is 5.32 Å². The van der Waals surface area contributed by atoms with Gasteiger partial charge in [-0.2, -0.15) is 0 Å². The molecule has 1 aliphatic rings. The zero-order chi connectivity index (χ0) is 5.98. The zero-order valence-corrected chi connectivity index (χ0v) is 8.23. The molecule has 1 fully saturated rings. The Balaban J connectivity index is 0.000000640. The average Bonchev–Trinajstić information content (AvgIpc) is 2.12. The molecule has 1 atom stereocenters. The Kier molecular flexibility index (Phi) is 3.99. The van der Waals surface area contributed by atoms with Crippen LogP contribution in [-0.4, -0.2) is 23.7 Å². The van der Waals surface area contributed by atoms with Crippen molar-refractivity contribution in [1.82, 2.24) is 5.32 Å². The molecule has 48 valence electrons. The minimum absolute atomic E-state index is 0. The predicted octanol–water partition coefficient (Wildman–Crippen LogP) is -0.179. The molecule has 1 heterocycles. The van der Waals surface area contributed by atoms with Crippen molar-refractivity contribution in [2.45, 2.75) is 18.9 Å². The van der Waals surface area contributed by atoms with Gasteiger partial charge in [-0.25, -0.2) is 0 Å². The number of hydrogen-bond donors (Lipinski definition) is 2. The molecule has 0 aromatic rings. The van der Waals surface area contributed by atoms with Gasteiger partial charge in [-0.15, -0.1) is 0 Å². The van der Waals surface area contributed by atoms with E-state index in [1.165, 1.54) is 0 Å². The third-order valence-corrected chi connectivity index (χ3v) is 1.36. The van der Waals surface area contributed by atoms with Crippen molar-refractivity contribution in [3.8, 4) is 0 Å². The Morgan fingerprint density at radius 2 is 2.33 bits per heavy atom. The Morgan fingerprint density at radius 3 is 2.56 bits per heavy atom. The molecule has 0 spiro atoms. The van der Waals surface area contributed by atoms with Crippen molar-refractivity contribution in [2.24, 2.45) is 0 Å². The van der Waals surface area contributed by atoms with Crippen LogP contribution in [0.15, 0.2) is 0 Å². The maximum absolute atomic E-state index is 10.1. The van der Waals surface area contributed by atoms with E-state index in [0.717, 1.165) is 19.4 Å². The Morgan fingerprint density at radius 1 is 1.67 bits per heavy atom. The van der Waals surface area contributed by atoms with Crippen LogP contribution in [0.25, 0.3) is 0 Å². The zero-order valence-electron chi connectivity index (χ0n) is 5.26. The van der Waals surface area contributed by atoms with Crippen LogP contribution in [0, 0.1) is 0 Å². The third kappa shape index (κ3) is 2.42. The van der Waals surface area contributed by atoms with Crippen LogP contribution in [0.4, 0.5) is 0 Å². The summed E-state index contributed by atoms with van der Waals surface area (Å²) in [4.78, 5) is 10.1. The summed E-state index contributed by atoms with van der Waals surface area (Å²) in [6, 6.07) is -0.269. The summed E-state index contributed by atoms with van der Waals surface area (Å²) in [6.07, 6.45) is 1.78. The van der Waals surface area contributed by atoms with E-state index in [2.05, 4.69) is 5.32 Å². The van der Waals surface area contributed by atoms with Gasteiger partial charge in [-0.1, -0.05) is 0 Å². The van der Waals surface area contributed by atoms with Gasteiger partial charge >= 0.3 is 5.97 Å². The molecule has 0 unspecified atom stereocenters. The molecule has 0 aromatic heterocycles. The topological polar surface area (TPSA) is 49.3 Å². The first kappa shape index (κ1) is 9.05. The monoisotopic (exact) mass is 179 g/mol. The molecule has 0 radical (unpaired) electrons. The Labute approximate surface area is 66.6 Å². The first-order chi connectivity index (χ1) is 3.80. The average molecular weight is 181 g/mol. The van der Waals surface area contributed by atoms with Crippen molar-refractivity contribution < 1.29 is 29.4 Å². The second-order valence-corrected chi connectivity index (χ2v) is 1.99. The van der Waals surface area contributed by atoms with Crippen molar-refractivity contribution in [2.75, 3.05) is 6.54 Å². The minimum atomic E-state index is -0.720. The molecule has 0 aromatic carbocycles. The Hall–Kier alpha value is 0.0534. The minimum Gasteiger partial charge on any atom is -0.480 e. The normalized spacial score (nSPS) is 25.1. The molecule has 1 rings (SSSR count). The van der Waals surface area contributed by atoms with Gasteiger partial charge in [0.2, 0.25) is 0 Å². The SMILES string of the molecule is O=C(O)[C@H]1CCCN1.[Zn]. The summed E-state index contributed by atoms with van der Waals surface area (Å²) >= 11 is 0. The van der Waals surface area contributed by atoms with Gasteiger partial charge in [0, 0.05) is 19.5 Å². The standard InChI is InChI=1S/C5H9NO2.Zn/c7-5(8)4-2-1-3-6-4;/h4,6H,1-3H2,(H,7,8);/t4-;/m1./s1. The molecule has 4 heteroatoms. The summed E-state index contributed by atoms with van der Waals surface area (Å²) in [5, 5.41) is 11.2. The van der Waals surface area contributed by atoms with Gasteiger partial charge in [0.1, 0.15) is 6.04 Å². The number of hydrogen-bond acceptors (Lipinski definition) is 2. The molecule has 0 aliphatic carbocycles. The predicted molar refractivity (Wildman–Crippen MR) is 28.7 cm³/mol. The van der Waals surface area contributed by atoms with E-state index in [0.29, 0.717) is 0 Å². The number of nitrogens with one attached hydrogen (secondary N) is 1. The molecule has 2 N–H and O–H groups in total. The number of carboxylic acids is 1. The van der Waals surface area contributed by atoms with Gasteiger partial charge in [-0.3, -0.25) is 4.79 Å². The molecule has 0 saturated carbocycles. The van der Waals surface area contributed by atoms with Crippen LogP contribution in [0.1, 0.15) is 12.8 Å². The van der Waals surface area contributed by atoms with Crippen molar-refractivity contribution in [1.29, 1.82) is 0 Å². The molecule has 3 nitrogen and oxygen atoms in total. The van der Waals surface area contributed by atoms with Gasteiger partial charge in [-0.05, 0) is 19.4 Å². The maximum atomic E-state index is 10.1. The Bertz CT molecular complexity index is 101. The van der Waals surface area contributed by atoms with Crippen molar-refractivity contribution in [3.63, 3.8) is 0 Å². The largest absolute Gasteiger partial charge is 0.480 e. The number of aliphatic carboxylic acids is 1. The van der Waals surface area contributed by atoms with Gasteiger partial charge in [0.15, 0.2) is 0 Å². The van der Waals surface area contributed by atoms with E-state index >= 15 is 0 Å². The number of rotatable bonds is 1. The summed E-state index contributed by atoms with van der Waals surface area (Å²) in [5.41, 5.74) is 0. The summed E-state index contributed by atoms with van der Waals surface area (Å²) in [6.45, 7) is 0.858. The molecular formula is C5H9NO2Zn. The quantitative estimate of drug-likeness (QED) is 0.551. The summed E-state index contributed by atoms with van der Waals surface area (Å²) in [5.74, 6) is -0.720. The smallest absolute Gasteiger partial charge is 0.320 e. The molecule has 9 heavy (non-hydrogen) atoms. The van der Waals surface area contributed by atoms with Crippen LogP contribution in [0.2, 0.25) is 0 Å². The van der Waals surface area contributed by atoms with Crippen molar-refractivity contribution >= 4 is 5.97 Å². The van der Waals surface area contributed by atoms with Crippen LogP contribution in [0.3, 0.4) is 0 Å². The fourth-order valence-electron chi connectivity index (χ4n) is 0.895. The molecule has 0 amide bonds. The molecule has 1 aliphatic heterocycles. The van der Waals surface area contributed by atoms with E-state index in [9.17, 15) is 4.79 Å². The van der Waals surface area contributed by atoms with Gasteiger partial charge < -0.3 is 10.4 Å². The second kappa shape index (κ2) is 3.96. The van der Waals surface area contributed by atoms with E-state index in [-0.39, 0.29) is 25.5 Å². The third-order valence-electron chi connectivity index (χ3n) is 1.36. The van der Waals surface area contributed by atoms with E-state index in [4.69, 9.17) is 5.11 Å². The van der Waals surface area contributed by atoms with Gasteiger partial charge in [0.05, 0.1) is 0 Å². The van der Waals surface area contributed by atoms with Gasteiger partial charge in [0.25, 0.3) is 0 Å². The molecule has 1 saturated heterocycles. The fourth-order valence-corrected chi connectivity index (χ4v) is 0.895. The van der Waals surface area contributed by atoms with E-state index < -0.39 is 5.97 Å².